The Morgan fingerprint density at radius 3 is 2.86 bits per heavy atom. The summed E-state index contributed by atoms with van der Waals surface area (Å²) in [6.45, 7) is 4.74. The van der Waals surface area contributed by atoms with Crippen molar-refractivity contribution in [1.29, 1.82) is 0 Å². The van der Waals surface area contributed by atoms with Crippen LogP contribution in [0.5, 0.6) is 0 Å². The van der Waals surface area contributed by atoms with Gasteiger partial charge in [0.15, 0.2) is 0 Å². The van der Waals surface area contributed by atoms with Gasteiger partial charge in [0, 0.05) is 12.7 Å². The lowest BCUT2D eigenvalue weighted by Gasteiger charge is -2.13. The molecule has 1 aromatic rings. The zero-order valence-electron chi connectivity index (χ0n) is 8.86. The first-order valence-electron chi connectivity index (χ1n) is 4.84. The van der Waals surface area contributed by atoms with Gasteiger partial charge < -0.3 is 4.74 Å². The first-order chi connectivity index (χ1) is 6.74. The van der Waals surface area contributed by atoms with Gasteiger partial charge in [-0.15, -0.1) is 0 Å². The Morgan fingerprint density at radius 1 is 1.64 bits per heavy atom. The van der Waals surface area contributed by atoms with Crippen molar-refractivity contribution in [3.63, 3.8) is 0 Å². The summed E-state index contributed by atoms with van der Waals surface area (Å²) >= 11 is 0. The molecule has 4 heteroatoms. The van der Waals surface area contributed by atoms with Crippen molar-refractivity contribution in [3.05, 3.63) is 18.0 Å². The molecule has 1 atom stereocenters. The van der Waals surface area contributed by atoms with E-state index in [2.05, 4.69) is 5.10 Å². The van der Waals surface area contributed by atoms with E-state index in [1.807, 2.05) is 24.6 Å². The molecule has 0 radical (unpaired) electrons. The maximum absolute atomic E-state index is 11.4. The van der Waals surface area contributed by atoms with E-state index in [0.29, 0.717) is 0 Å². The number of aromatic nitrogens is 2. The molecule has 1 rings (SSSR count). The van der Waals surface area contributed by atoms with Gasteiger partial charge >= 0.3 is 5.97 Å². The minimum absolute atomic E-state index is 0.192. The summed E-state index contributed by atoms with van der Waals surface area (Å²) in [5.41, 5.74) is 0.932. The molecule has 1 unspecified atom stereocenters. The third kappa shape index (κ3) is 1.95. The molecule has 0 aliphatic rings. The van der Waals surface area contributed by atoms with Crippen molar-refractivity contribution in [2.45, 2.75) is 32.7 Å². The van der Waals surface area contributed by atoms with Crippen molar-refractivity contribution >= 4 is 5.97 Å². The Kier molecular flexibility index (Phi) is 3.68. The summed E-state index contributed by atoms with van der Waals surface area (Å²) in [6.07, 6.45) is 2.45. The number of esters is 1. The molecule has 0 saturated heterocycles. The molecular formula is C10H16N2O2. The standard InChI is InChI=1S/C10H16N2O2/c1-4-8(10(13)14-3)9-6-7-11-12(9)5-2/h6-8H,4-5H2,1-3H3. The Labute approximate surface area is 83.9 Å². The second kappa shape index (κ2) is 4.79. The smallest absolute Gasteiger partial charge is 0.314 e. The van der Waals surface area contributed by atoms with Crippen LogP contribution in [-0.2, 0) is 16.1 Å². The van der Waals surface area contributed by atoms with Crippen LogP contribution in [0.1, 0.15) is 31.9 Å². The molecule has 0 aliphatic heterocycles. The number of ether oxygens (including phenoxy) is 1. The Balaban J connectivity index is 2.94. The normalized spacial score (nSPS) is 12.5. The zero-order valence-corrected chi connectivity index (χ0v) is 8.86. The molecule has 0 aromatic carbocycles. The van der Waals surface area contributed by atoms with Crippen LogP contribution >= 0.6 is 0 Å². The van der Waals surface area contributed by atoms with Crippen LogP contribution < -0.4 is 0 Å². The van der Waals surface area contributed by atoms with Crippen LogP contribution in [0.15, 0.2) is 12.3 Å². The molecule has 0 amide bonds. The average molecular weight is 196 g/mol. The molecule has 0 saturated carbocycles. The van der Waals surface area contributed by atoms with Crippen LogP contribution in [0.4, 0.5) is 0 Å². The molecule has 4 nitrogen and oxygen atoms in total. The molecule has 1 aromatic heterocycles. The number of carbonyl (C=O) groups is 1. The van der Waals surface area contributed by atoms with Crippen LogP contribution in [0.3, 0.4) is 0 Å². The van der Waals surface area contributed by atoms with Crippen LogP contribution in [0.2, 0.25) is 0 Å². The van der Waals surface area contributed by atoms with Crippen molar-refractivity contribution < 1.29 is 9.53 Å². The van der Waals surface area contributed by atoms with Crippen molar-refractivity contribution in [3.8, 4) is 0 Å². The summed E-state index contributed by atoms with van der Waals surface area (Å²) in [7, 11) is 1.41. The number of methoxy groups -OCH3 is 1. The van der Waals surface area contributed by atoms with Crippen molar-refractivity contribution in [1.82, 2.24) is 9.78 Å². The number of aryl methyl sites for hydroxylation is 1. The summed E-state index contributed by atoms with van der Waals surface area (Å²) in [6, 6.07) is 1.87. The SMILES string of the molecule is CCC(C(=O)OC)c1ccnn1CC. The largest absolute Gasteiger partial charge is 0.469 e. The molecule has 14 heavy (non-hydrogen) atoms. The van der Waals surface area contributed by atoms with Gasteiger partial charge in [0.25, 0.3) is 0 Å². The average Bonchev–Trinajstić information content (AvgIpc) is 2.66. The lowest BCUT2D eigenvalue weighted by atomic mass is 10.0. The summed E-state index contributed by atoms with van der Waals surface area (Å²) in [4.78, 5) is 11.4. The quantitative estimate of drug-likeness (QED) is 0.686. The second-order valence-corrected chi connectivity index (χ2v) is 3.06. The van der Waals surface area contributed by atoms with Crippen molar-refractivity contribution in [2.75, 3.05) is 7.11 Å². The zero-order chi connectivity index (χ0) is 10.6. The topological polar surface area (TPSA) is 44.1 Å². The van der Waals surface area contributed by atoms with E-state index in [0.717, 1.165) is 18.7 Å². The highest BCUT2D eigenvalue weighted by molar-refractivity contribution is 5.77. The van der Waals surface area contributed by atoms with E-state index < -0.39 is 0 Å². The number of nitrogens with zero attached hydrogens (tertiary/aromatic N) is 2. The predicted molar refractivity (Wildman–Crippen MR) is 52.9 cm³/mol. The molecule has 0 bridgehead atoms. The Hall–Kier alpha value is -1.32. The fourth-order valence-corrected chi connectivity index (χ4v) is 1.54. The van der Waals surface area contributed by atoms with Gasteiger partial charge in [0.1, 0.15) is 0 Å². The third-order valence-corrected chi connectivity index (χ3v) is 2.30. The lowest BCUT2D eigenvalue weighted by molar-refractivity contribution is -0.142. The van der Waals surface area contributed by atoms with Gasteiger partial charge in [-0.3, -0.25) is 9.48 Å². The molecular weight excluding hydrogens is 180 g/mol. The molecule has 0 N–H and O–H groups in total. The first-order valence-corrected chi connectivity index (χ1v) is 4.84. The third-order valence-electron chi connectivity index (χ3n) is 2.30. The summed E-state index contributed by atoms with van der Waals surface area (Å²) in [5.74, 6) is -0.384. The molecule has 1 heterocycles. The van der Waals surface area contributed by atoms with Crippen LogP contribution in [0.25, 0.3) is 0 Å². The monoisotopic (exact) mass is 196 g/mol. The summed E-state index contributed by atoms with van der Waals surface area (Å²) < 4.78 is 6.57. The maximum atomic E-state index is 11.4. The van der Waals surface area contributed by atoms with E-state index in [4.69, 9.17) is 4.74 Å². The fourth-order valence-electron chi connectivity index (χ4n) is 1.54. The molecule has 0 fully saturated rings. The number of hydrogen-bond acceptors (Lipinski definition) is 3. The molecule has 78 valence electrons. The number of hydrogen-bond donors (Lipinski definition) is 0. The van der Waals surface area contributed by atoms with E-state index in [1.54, 1.807) is 6.20 Å². The highest BCUT2D eigenvalue weighted by Gasteiger charge is 2.22. The minimum atomic E-state index is -0.192. The fraction of sp³-hybridized carbons (Fsp3) is 0.600. The molecule has 0 spiro atoms. The van der Waals surface area contributed by atoms with E-state index >= 15 is 0 Å². The Morgan fingerprint density at radius 2 is 2.36 bits per heavy atom. The van der Waals surface area contributed by atoms with Crippen LogP contribution in [-0.4, -0.2) is 22.9 Å². The van der Waals surface area contributed by atoms with E-state index in [1.165, 1.54) is 7.11 Å². The lowest BCUT2D eigenvalue weighted by Crippen LogP contribution is -2.17. The van der Waals surface area contributed by atoms with Crippen molar-refractivity contribution in [2.24, 2.45) is 0 Å². The van der Waals surface area contributed by atoms with Gasteiger partial charge in [-0.25, -0.2) is 0 Å². The number of rotatable bonds is 4. The maximum Gasteiger partial charge on any atom is 0.314 e. The van der Waals surface area contributed by atoms with Gasteiger partial charge in [0.05, 0.1) is 18.7 Å². The van der Waals surface area contributed by atoms with Gasteiger partial charge in [-0.05, 0) is 19.4 Å². The van der Waals surface area contributed by atoms with Gasteiger partial charge in [-0.1, -0.05) is 6.92 Å². The number of carbonyl (C=O) groups excluding carboxylic acids is 1. The van der Waals surface area contributed by atoms with Crippen LogP contribution in [0, 0.1) is 0 Å². The van der Waals surface area contributed by atoms with Gasteiger partial charge in [0.2, 0.25) is 0 Å². The highest BCUT2D eigenvalue weighted by atomic mass is 16.5. The highest BCUT2D eigenvalue weighted by Crippen LogP contribution is 2.20. The summed E-state index contributed by atoms with van der Waals surface area (Å²) in [5, 5.41) is 4.13. The first kappa shape index (κ1) is 10.8. The molecule has 0 aliphatic carbocycles. The predicted octanol–water partition coefficient (Wildman–Crippen LogP) is 1.57. The minimum Gasteiger partial charge on any atom is -0.469 e. The van der Waals surface area contributed by atoms with E-state index in [9.17, 15) is 4.79 Å². The van der Waals surface area contributed by atoms with E-state index in [-0.39, 0.29) is 11.9 Å². The van der Waals surface area contributed by atoms with Gasteiger partial charge in [-0.2, -0.15) is 5.10 Å². The Bertz CT molecular complexity index is 307. The second-order valence-electron chi connectivity index (χ2n) is 3.06.